The Morgan fingerprint density at radius 2 is 1.20 bits per heavy atom. The first-order valence-corrected chi connectivity index (χ1v) is 16.2. The van der Waals surface area contributed by atoms with Gasteiger partial charge in [0.15, 0.2) is 0 Å². The van der Waals surface area contributed by atoms with Crippen LogP contribution in [0.4, 0.5) is 0 Å². The predicted molar refractivity (Wildman–Crippen MR) is 200 cm³/mol. The zero-order chi connectivity index (χ0) is 34.4. The Bertz CT molecular complexity index is 1570. The van der Waals surface area contributed by atoms with Gasteiger partial charge in [-0.1, -0.05) is 47.4 Å². The molecule has 14 heteroatoms. The van der Waals surface area contributed by atoms with Crippen LogP contribution in [0.3, 0.4) is 0 Å². The van der Waals surface area contributed by atoms with Crippen molar-refractivity contribution in [3.8, 4) is 23.0 Å². The van der Waals surface area contributed by atoms with Gasteiger partial charge in [-0.25, -0.2) is 0 Å². The highest BCUT2D eigenvalue weighted by Crippen LogP contribution is 2.25. The molecule has 0 aliphatic carbocycles. The molecule has 0 radical (unpaired) electrons. The second-order valence-corrected chi connectivity index (χ2v) is 12.0. The molecule has 2 amide bonds. The monoisotopic (exact) mass is 738 g/mol. The second-order valence-electron chi connectivity index (χ2n) is 10.4. The van der Waals surface area contributed by atoms with E-state index in [0.717, 1.165) is 18.6 Å². The molecule has 3 aromatic carbocycles. The summed E-state index contributed by atoms with van der Waals surface area (Å²) in [6, 6.07) is 16.1. The molecular formula is C37H58N2O11S. The van der Waals surface area contributed by atoms with Crippen LogP contribution < -0.4 is 24.8 Å². The van der Waals surface area contributed by atoms with Crippen LogP contribution >= 0.6 is 0 Å². The Hall–Kier alpha value is -4.37. The summed E-state index contributed by atoms with van der Waals surface area (Å²) >= 11 is 0. The number of aromatic hydroxyl groups is 1. The fraction of sp³-hybridized carbons (Fsp3) is 0.459. The van der Waals surface area contributed by atoms with E-state index < -0.39 is 10.1 Å². The summed E-state index contributed by atoms with van der Waals surface area (Å²) in [6.07, 6.45) is 1.21. The highest BCUT2D eigenvalue weighted by molar-refractivity contribution is 7.86. The number of rotatable bonds is 9. The Labute approximate surface area is 304 Å². The van der Waals surface area contributed by atoms with Gasteiger partial charge in [-0.05, 0) is 43.3 Å². The molecule has 0 saturated carbocycles. The van der Waals surface area contributed by atoms with Gasteiger partial charge in [-0.2, -0.15) is 8.42 Å². The molecule has 2 heterocycles. The van der Waals surface area contributed by atoms with Gasteiger partial charge >= 0.3 is 0 Å². The number of aryl methyl sites for hydroxylation is 1. The minimum Gasteiger partial charge on any atom is -0.508 e. The number of hydrogen-bond acceptors (Lipinski definition) is 11. The van der Waals surface area contributed by atoms with Crippen molar-refractivity contribution in [1.82, 2.24) is 10.6 Å². The molecule has 0 aromatic heterocycles. The summed E-state index contributed by atoms with van der Waals surface area (Å²) in [5.41, 5.74) is 1.91. The van der Waals surface area contributed by atoms with Gasteiger partial charge in [0, 0.05) is 56.8 Å². The van der Waals surface area contributed by atoms with Crippen LogP contribution in [0.25, 0.3) is 0 Å². The van der Waals surface area contributed by atoms with Crippen molar-refractivity contribution in [2.75, 3.05) is 54.7 Å². The molecule has 13 nitrogen and oxygen atoms in total. The maximum Gasteiger partial charge on any atom is 0.297 e. The summed E-state index contributed by atoms with van der Waals surface area (Å²) in [7, 11) is 2.51. The summed E-state index contributed by atoms with van der Waals surface area (Å²) < 4.78 is 54.9. The Kier molecular flexibility index (Phi) is 22.9. The van der Waals surface area contributed by atoms with Crippen molar-refractivity contribution in [2.24, 2.45) is 0 Å². The first-order valence-electron chi connectivity index (χ1n) is 14.8. The third-order valence-electron chi connectivity index (χ3n) is 6.87. The number of carbonyl (C=O) groups is 2. The number of benzene rings is 3. The van der Waals surface area contributed by atoms with E-state index >= 15 is 0 Å². The molecule has 288 valence electrons. The van der Waals surface area contributed by atoms with Gasteiger partial charge < -0.3 is 39.4 Å². The number of ether oxygens (including phenoxy) is 5. The van der Waals surface area contributed by atoms with Crippen molar-refractivity contribution in [3.63, 3.8) is 0 Å². The molecule has 0 unspecified atom stereocenters. The standard InChI is InChI=1S/C13H17NO4.C11H14O4S.C9H11NO3.4CH4/c1-14-13(15)9-5-11(16-2)7-12(6-9)18-10-3-4-17-8-10;1-9-2-4-11(5-3-9)16(12,13)15-10-6-7-14-8-10;1-10-9(12)6-3-7(11)5-8(4-6)13-2;;;;/h5-7,10H,3-4,8H2,1-2H3,(H,14,15);2-5,10H,6-8H2,1H3;3-5,11H,1-2H3,(H,10,12);4*1H4/t2*10-;;;;;/m01...../s1. The minimum atomic E-state index is -3.64. The lowest BCUT2D eigenvalue weighted by atomic mass is 10.2. The lowest BCUT2D eigenvalue weighted by Gasteiger charge is -2.14. The van der Waals surface area contributed by atoms with Crippen LogP contribution in [0.5, 0.6) is 23.0 Å². The number of amides is 2. The zero-order valence-corrected chi connectivity index (χ0v) is 27.9. The molecule has 2 fully saturated rings. The first-order chi connectivity index (χ1) is 22.5. The Morgan fingerprint density at radius 1 is 0.725 bits per heavy atom. The number of methoxy groups -OCH3 is 2. The van der Waals surface area contributed by atoms with Crippen LogP contribution in [-0.2, 0) is 23.8 Å². The molecular weight excluding hydrogens is 680 g/mol. The predicted octanol–water partition coefficient (Wildman–Crippen LogP) is 6.02. The van der Waals surface area contributed by atoms with E-state index in [2.05, 4.69) is 10.6 Å². The van der Waals surface area contributed by atoms with Crippen molar-refractivity contribution >= 4 is 21.9 Å². The summed E-state index contributed by atoms with van der Waals surface area (Å²) in [6.45, 7) is 4.13. The van der Waals surface area contributed by atoms with Crippen LogP contribution in [0, 0.1) is 6.92 Å². The van der Waals surface area contributed by atoms with E-state index in [9.17, 15) is 23.1 Å². The van der Waals surface area contributed by atoms with Crippen LogP contribution in [0.15, 0.2) is 65.6 Å². The number of phenols is 1. The fourth-order valence-electron chi connectivity index (χ4n) is 4.34. The minimum absolute atomic E-state index is 0. The molecule has 51 heavy (non-hydrogen) atoms. The molecule has 3 N–H and O–H groups in total. The Balaban J connectivity index is 0. The number of nitrogens with one attached hydrogen (secondary N) is 2. The maximum absolute atomic E-state index is 11.8. The lowest BCUT2D eigenvalue weighted by molar-refractivity contribution is 0.0954. The maximum atomic E-state index is 11.8. The van der Waals surface area contributed by atoms with Crippen molar-refractivity contribution in [2.45, 2.75) is 66.6 Å². The number of hydrogen-bond donors (Lipinski definition) is 3. The van der Waals surface area contributed by atoms with E-state index in [1.165, 1.54) is 26.3 Å². The van der Waals surface area contributed by atoms with Gasteiger partial charge in [-0.15, -0.1) is 0 Å². The molecule has 5 rings (SSSR count). The van der Waals surface area contributed by atoms with E-state index in [0.29, 0.717) is 54.6 Å². The van der Waals surface area contributed by atoms with Gasteiger partial charge in [-0.3, -0.25) is 13.8 Å². The topological polar surface area (TPSA) is 168 Å². The van der Waals surface area contributed by atoms with Crippen molar-refractivity contribution < 1.29 is 51.0 Å². The van der Waals surface area contributed by atoms with Gasteiger partial charge in [0.1, 0.15) is 35.2 Å². The molecule has 0 bridgehead atoms. The van der Waals surface area contributed by atoms with Crippen LogP contribution in [-0.4, -0.2) is 92.3 Å². The second kappa shape index (κ2) is 23.9. The lowest BCUT2D eigenvalue weighted by Crippen LogP contribution is -2.19. The van der Waals surface area contributed by atoms with Crippen molar-refractivity contribution in [1.29, 1.82) is 0 Å². The average molecular weight is 739 g/mol. The first kappa shape index (κ1) is 48.7. The zero-order valence-electron chi connectivity index (χ0n) is 27.1. The summed E-state index contributed by atoms with van der Waals surface area (Å²) in [4.78, 5) is 23.0. The van der Waals surface area contributed by atoms with Crippen LogP contribution in [0.2, 0.25) is 0 Å². The molecule has 3 aromatic rings. The summed E-state index contributed by atoms with van der Waals surface area (Å²) in [5, 5.41) is 14.2. The third-order valence-corrected chi connectivity index (χ3v) is 8.25. The SMILES string of the molecule is C.C.C.C.CNC(=O)c1cc(O)cc(OC)c1.CNC(=O)c1cc(OC)cc(O[C@H]2CCOC2)c1.Cc1ccc(S(=O)(=O)O[C@@H]2CCOC2)cc1. The molecule has 2 saturated heterocycles. The quantitative estimate of drug-likeness (QED) is 0.220. The van der Waals surface area contributed by atoms with Gasteiger partial charge in [0.2, 0.25) is 0 Å². The molecule has 2 atom stereocenters. The van der Waals surface area contributed by atoms with E-state index in [1.54, 1.807) is 62.7 Å². The molecule has 2 aliphatic rings. The molecule has 2 aliphatic heterocycles. The Morgan fingerprint density at radius 3 is 1.67 bits per heavy atom. The van der Waals surface area contributed by atoms with Crippen molar-refractivity contribution in [3.05, 3.63) is 77.4 Å². The fourth-order valence-corrected chi connectivity index (χ4v) is 5.43. The average Bonchev–Trinajstić information content (AvgIpc) is 3.78. The van der Waals surface area contributed by atoms with Gasteiger partial charge in [0.25, 0.3) is 21.9 Å². The normalized spacial score (nSPS) is 15.5. The largest absolute Gasteiger partial charge is 0.508 e. The third kappa shape index (κ3) is 15.6. The highest BCUT2D eigenvalue weighted by Gasteiger charge is 2.25. The van der Waals surface area contributed by atoms with E-state index in [-0.39, 0.29) is 64.4 Å². The highest BCUT2D eigenvalue weighted by atomic mass is 32.2. The van der Waals surface area contributed by atoms with E-state index in [1.807, 2.05) is 6.92 Å². The smallest absolute Gasteiger partial charge is 0.297 e. The number of phenolic OH excluding ortho intramolecular Hbond substituents is 1. The van der Waals surface area contributed by atoms with Gasteiger partial charge in [0.05, 0.1) is 38.9 Å². The van der Waals surface area contributed by atoms with E-state index in [4.69, 9.17) is 27.9 Å². The van der Waals surface area contributed by atoms with Crippen LogP contribution in [0.1, 0.15) is 68.8 Å². The molecule has 0 spiro atoms. The summed E-state index contributed by atoms with van der Waals surface area (Å²) in [5.74, 6) is 1.28. The number of carbonyl (C=O) groups excluding carboxylic acids is 2.